The van der Waals surface area contributed by atoms with Gasteiger partial charge >= 0.3 is 0 Å². The van der Waals surface area contributed by atoms with Gasteiger partial charge in [0, 0.05) is 31.8 Å². The van der Waals surface area contributed by atoms with Gasteiger partial charge in [-0.2, -0.15) is 0 Å². The summed E-state index contributed by atoms with van der Waals surface area (Å²) >= 11 is 0. The van der Waals surface area contributed by atoms with Crippen molar-refractivity contribution in [1.29, 1.82) is 0 Å². The number of carbonyl (C=O) groups excluding carboxylic acids is 2. The molecule has 2 heterocycles. The molecular weight excluding hydrogens is 364 g/mol. The van der Waals surface area contributed by atoms with Gasteiger partial charge in [-0.25, -0.2) is 0 Å². The number of non-ortho nitro benzene ring substituents is 1. The predicted molar refractivity (Wildman–Crippen MR) is 102 cm³/mol. The van der Waals surface area contributed by atoms with Crippen LogP contribution in [0.15, 0.2) is 24.3 Å². The number of likely N-dealkylation sites (tertiary alicyclic amines) is 1. The highest BCUT2D eigenvalue weighted by molar-refractivity contribution is 5.82. The molecule has 2 unspecified atom stereocenters. The molecule has 28 heavy (non-hydrogen) atoms. The molecule has 2 saturated heterocycles. The maximum Gasteiger partial charge on any atom is 0.269 e. The van der Waals surface area contributed by atoms with Gasteiger partial charge in [-0.3, -0.25) is 19.7 Å². The smallest absolute Gasteiger partial charge is 0.269 e. The number of piperidine rings is 1. The van der Waals surface area contributed by atoms with Crippen LogP contribution in [0.25, 0.3) is 0 Å². The normalized spacial score (nSPS) is 21.9. The fourth-order valence-corrected chi connectivity index (χ4v) is 3.64. The van der Waals surface area contributed by atoms with E-state index in [1.807, 2.05) is 0 Å². The topological polar surface area (TPSA) is 114 Å². The molecule has 0 radical (unpaired) electrons. The highest BCUT2D eigenvalue weighted by Crippen LogP contribution is 2.19. The van der Waals surface area contributed by atoms with Crippen LogP contribution < -0.4 is 15.4 Å². The summed E-state index contributed by atoms with van der Waals surface area (Å²) in [5.41, 5.74) is -0.0209. The van der Waals surface area contributed by atoms with Crippen molar-refractivity contribution in [1.82, 2.24) is 15.5 Å². The predicted octanol–water partition coefficient (Wildman–Crippen LogP) is 1.08. The minimum Gasteiger partial charge on any atom is -0.484 e. The Morgan fingerprint density at radius 3 is 2.71 bits per heavy atom. The summed E-state index contributed by atoms with van der Waals surface area (Å²) < 4.78 is 5.46. The molecule has 2 N–H and O–H groups in total. The lowest BCUT2D eigenvalue weighted by molar-refractivity contribution is -0.384. The highest BCUT2D eigenvalue weighted by Gasteiger charge is 2.26. The number of ether oxygens (including phenoxy) is 1. The van der Waals surface area contributed by atoms with Gasteiger partial charge in [-0.15, -0.1) is 0 Å². The standard InChI is InChI=1S/C19H26N4O5/c24-18(13-28-16-7-5-15(6-8-16)23(26)27)22-10-2-3-14(12-22)11-21-19(25)17-4-1-9-20-17/h5-8,14,17,20H,1-4,9-13H2,(H,21,25). The zero-order chi connectivity index (χ0) is 19.9. The lowest BCUT2D eigenvalue weighted by Crippen LogP contribution is -2.47. The van der Waals surface area contributed by atoms with E-state index in [9.17, 15) is 19.7 Å². The third kappa shape index (κ3) is 5.41. The van der Waals surface area contributed by atoms with E-state index < -0.39 is 4.92 Å². The molecule has 9 heteroatoms. The maximum absolute atomic E-state index is 12.4. The molecule has 152 valence electrons. The lowest BCUT2D eigenvalue weighted by atomic mass is 9.97. The molecule has 2 aliphatic rings. The fourth-order valence-electron chi connectivity index (χ4n) is 3.64. The number of hydrogen-bond acceptors (Lipinski definition) is 6. The van der Waals surface area contributed by atoms with Crippen molar-refractivity contribution < 1.29 is 19.2 Å². The van der Waals surface area contributed by atoms with Crippen LogP contribution >= 0.6 is 0 Å². The van der Waals surface area contributed by atoms with Crippen molar-refractivity contribution in [2.24, 2.45) is 5.92 Å². The average molecular weight is 390 g/mol. The molecule has 2 amide bonds. The molecule has 1 aromatic carbocycles. The van der Waals surface area contributed by atoms with Crippen LogP contribution in [0.5, 0.6) is 5.75 Å². The second-order valence-corrected chi connectivity index (χ2v) is 7.28. The monoisotopic (exact) mass is 390 g/mol. The maximum atomic E-state index is 12.4. The van der Waals surface area contributed by atoms with Crippen LogP contribution in [-0.4, -0.2) is 60.5 Å². The lowest BCUT2D eigenvalue weighted by Gasteiger charge is -2.33. The Bertz CT molecular complexity index is 703. The van der Waals surface area contributed by atoms with Gasteiger partial charge in [0.25, 0.3) is 11.6 Å². The second-order valence-electron chi connectivity index (χ2n) is 7.28. The minimum atomic E-state index is -0.482. The molecule has 0 aliphatic carbocycles. The molecule has 0 bridgehead atoms. The second kappa shape index (κ2) is 9.50. The molecule has 0 aromatic heterocycles. The van der Waals surface area contributed by atoms with E-state index in [4.69, 9.17) is 4.74 Å². The van der Waals surface area contributed by atoms with Crippen molar-refractivity contribution in [2.45, 2.75) is 31.7 Å². The molecule has 2 fully saturated rings. The van der Waals surface area contributed by atoms with E-state index in [0.717, 1.165) is 32.2 Å². The van der Waals surface area contributed by atoms with Gasteiger partial charge in [0.2, 0.25) is 5.91 Å². The van der Waals surface area contributed by atoms with E-state index in [1.165, 1.54) is 24.3 Å². The number of rotatable bonds is 7. The largest absolute Gasteiger partial charge is 0.484 e. The van der Waals surface area contributed by atoms with Crippen molar-refractivity contribution in [3.8, 4) is 5.75 Å². The summed E-state index contributed by atoms with van der Waals surface area (Å²) in [6.07, 6.45) is 3.77. The number of amides is 2. The Morgan fingerprint density at radius 1 is 1.25 bits per heavy atom. The number of nitrogens with one attached hydrogen (secondary N) is 2. The quantitative estimate of drug-likeness (QED) is 0.532. The number of carbonyl (C=O) groups is 2. The highest BCUT2D eigenvalue weighted by atomic mass is 16.6. The van der Waals surface area contributed by atoms with Crippen molar-refractivity contribution in [3.63, 3.8) is 0 Å². The SMILES string of the molecule is O=C(NCC1CCCN(C(=O)COc2ccc([N+](=O)[O-])cc2)C1)C1CCCN1. The first-order valence-electron chi connectivity index (χ1n) is 9.69. The molecule has 0 saturated carbocycles. The third-order valence-electron chi connectivity index (χ3n) is 5.22. The summed E-state index contributed by atoms with van der Waals surface area (Å²) in [5, 5.41) is 16.8. The van der Waals surface area contributed by atoms with Crippen molar-refractivity contribution >= 4 is 17.5 Å². The number of nitro groups is 1. The number of nitro benzene ring substituents is 1. The zero-order valence-corrected chi connectivity index (χ0v) is 15.8. The minimum absolute atomic E-state index is 0.0209. The summed E-state index contributed by atoms with van der Waals surface area (Å²) in [6, 6.07) is 5.57. The van der Waals surface area contributed by atoms with Gasteiger partial charge in [0.15, 0.2) is 6.61 Å². The Hall–Kier alpha value is -2.68. The van der Waals surface area contributed by atoms with Crippen molar-refractivity contribution in [2.75, 3.05) is 32.8 Å². The van der Waals surface area contributed by atoms with Gasteiger partial charge in [0.1, 0.15) is 5.75 Å². The third-order valence-corrected chi connectivity index (χ3v) is 5.22. The van der Waals surface area contributed by atoms with Crippen LogP contribution in [0.2, 0.25) is 0 Å². The first-order valence-corrected chi connectivity index (χ1v) is 9.69. The van der Waals surface area contributed by atoms with Gasteiger partial charge in [-0.1, -0.05) is 0 Å². The molecule has 3 rings (SSSR count). The Morgan fingerprint density at radius 2 is 2.04 bits per heavy atom. The summed E-state index contributed by atoms with van der Waals surface area (Å²) in [4.78, 5) is 36.5. The van der Waals surface area contributed by atoms with Crippen molar-refractivity contribution in [3.05, 3.63) is 34.4 Å². The van der Waals surface area contributed by atoms with E-state index in [2.05, 4.69) is 10.6 Å². The Labute approximate surface area is 163 Å². The van der Waals surface area contributed by atoms with Crippen LogP contribution in [0, 0.1) is 16.0 Å². The Kier molecular flexibility index (Phi) is 6.80. The summed E-state index contributed by atoms with van der Waals surface area (Å²) in [5.74, 6) is 0.584. The molecule has 2 aliphatic heterocycles. The molecular formula is C19H26N4O5. The number of hydrogen-bond donors (Lipinski definition) is 2. The summed E-state index contributed by atoms with van der Waals surface area (Å²) in [6.45, 7) is 2.63. The van der Waals surface area contributed by atoms with Gasteiger partial charge < -0.3 is 20.3 Å². The van der Waals surface area contributed by atoms with E-state index in [-0.39, 0.29) is 36.1 Å². The molecule has 1 aromatic rings. The number of nitrogens with zero attached hydrogens (tertiary/aromatic N) is 2. The summed E-state index contributed by atoms with van der Waals surface area (Å²) in [7, 11) is 0. The first-order chi connectivity index (χ1) is 13.5. The van der Waals surface area contributed by atoms with Crippen LogP contribution in [-0.2, 0) is 9.59 Å². The van der Waals surface area contributed by atoms with E-state index in [0.29, 0.717) is 25.4 Å². The fraction of sp³-hybridized carbons (Fsp3) is 0.579. The van der Waals surface area contributed by atoms with Crippen LogP contribution in [0.4, 0.5) is 5.69 Å². The Balaban J connectivity index is 1.42. The van der Waals surface area contributed by atoms with Crippen LogP contribution in [0.1, 0.15) is 25.7 Å². The molecule has 9 nitrogen and oxygen atoms in total. The zero-order valence-electron chi connectivity index (χ0n) is 15.8. The van der Waals surface area contributed by atoms with Gasteiger partial charge in [-0.05, 0) is 50.3 Å². The van der Waals surface area contributed by atoms with Gasteiger partial charge in [0.05, 0.1) is 11.0 Å². The number of benzene rings is 1. The average Bonchev–Trinajstić information content (AvgIpc) is 3.26. The first kappa shape index (κ1) is 20.1. The molecule has 2 atom stereocenters. The van der Waals surface area contributed by atoms with E-state index in [1.54, 1.807) is 4.90 Å². The van der Waals surface area contributed by atoms with E-state index >= 15 is 0 Å². The van der Waals surface area contributed by atoms with Crippen LogP contribution in [0.3, 0.4) is 0 Å². The molecule has 0 spiro atoms.